The van der Waals surface area contributed by atoms with E-state index in [1.807, 2.05) is 6.07 Å². The quantitative estimate of drug-likeness (QED) is 0.882. The maximum absolute atomic E-state index is 11.7. The molecule has 1 heterocycles. The Labute approximate surface area is 100 Å². The average Bonchev–Trinajstić information content (AvgIpc) is 2.56. The fourth-order valence-electron chi connectivity index (χ4n) is 2.14. The van der Waals surface area contributed by atoms with Gasteiger partial charge >= 0.3 is 5.97 Å². The second-order valence-corrected chi connectivity index (χ2v) is 6.48. The number of carboxylic acids is 1. The Bertz CT molecular complexity index is 560. The van der Waals surface area contributed by atoms with Gasteiger partial charge in [-0.2, -0.15) is 0 Å². The van der Waals surface area contributed by atoms with Gasteiger partial charge in [0.1, 0.15) is 0 Å². The zero-order valence-electron chi connectivity index (χ0n) is 9.51. The second kappa shape index (κ2) is 4.14. The van der Waals surface area contributed by atoms with Gasteiger partial charge in [-0.15, -0.1) is 0 Å². The zero-order chi connectivity index (χ0) is 12.6. The highest BCUT2D eigenvalue weighted by Crippen LogP contribution is 2.29. The summed E-state index contributed by atoms with van der Waals surface area (Å²) < 4.78 is 23.4. The first-order chi connectivity index (χ1) is 7.92. The number of fused-ring (bicyclic) bond motifs is 1. The molecule has 1 aromatic rings. The van der Waals surface area contributed by atoms with Crippen molar-refractivity contribution in [3.05, 3.63) is 29.3 Å². The van der Waals surface area contributed by atoms with Gasteiger partial charge in [-0.05, 0) is 30.0 Å². The van der Waals surface area contributed by atoms with Crippen LogP contribution in [0.1, 0.15) is 18.1 Å². The van der Waals surface area contributed by atoms with E-state index >= 15 is 0 Å². The van der Waals surface area contributed by atoms with Crippen LogP contribution in [0.4, 0.5) is 0 Å². The molecule has 0 fully saturated rings. The van der Waals surface area contributed by atoms with Crippen molar-refractivity contribution in [2.24, 2.45) is 5.92 Å². The van der Waals surface area contributed by atoms with E-state index in [2.05, 4.69) is 0 Å². The van der Waals surface area contributed by atoms with E-state index in [0.717, 1.165) is 11.1 Å². The Morgan fingerprint density at radius 1 is 1.47 bits per heavy atom. The summed E-state index contributed by atoms with van der Waals surface area (Å²) in [6, 6.07) is 5.11. The normalized spacial score (nSPS) is 18.6. The van der Waals surface area contributed by atoms with Crippen molar-refractivity contribution in [2.45, 2.75) is 24.7 Å². The highest BCUT2D eigenvalue weighted by molar-refractivity contribution is 7.91. The van der Waals surface area contributed by atoms with E-state index in [4.69, 9.17) is 5.11 Å². The zero-order valence-corrected chi connectivity index (χ0v) is 10.3. The summed E-state index contributed by atoms with van der Waals surface area (Å²) in [7, 11) is -3.13. The van der Waals surface area contributed by atoms with Crippen molar-refractivity contribution < 1.29 is 18.3 Å². The molecule has 0 amide bonds. The Morgan fingerprint density at radius 3 is 2.82 bits per heavy atom. The van der Waals surface area contributed by atoms with E-state index in [-0.39, 0.29) is 5.75 Å². The van der Waals surface area contributed by atoms with Crippen molar-refractivity contribution in [3.63, 3.8) is 0 Å². The van der Waals surface area contributed by atoms with Gasteiger partial charge in [-0.1, -0.05) is 19.1 Å². The average molecular weight is 254 g/mol. The third-order valence-electron chi connectivity index (χ3n) is 3.13. The molecule has 1 N–H and O–H groups in total. The summed E-state index contributed by atoms with van der Waals surface area (Å²) in [4.78, 5) is 11.2. The molecule has 0 saturated heterocycles. The summed E-state index contributed by atoms with van der Waals surface area (Å²) in [6.07, 6.45) is 0.883. The summed E-state index contributed by atoms with van der Waals surface area (Å²) >= 11 is 0. The van der Waals surface area contributed by atoms with E-state index in [9.17, 15) is 13.2 Å². The summed E-state index contributed by atoms with van der Waals surface area (Å²) in [5.41, 5.74) is 1.65. The number of carbonyl (C=O) groups is 1. The minimum atomic E-state index is -3.13. The Balaban J connectivity index is 2.39. The van der Waals surface area contributed by atoms with Crippen LogP contribution >= 0.6 is 0 Å². The van der Waals surface area contributed by atoms with Crippen LogP contribution in [0.15, 0.2) is 23.1 Å². The molecule has 1 aliphatic heterocycles. The molecule has 92 valence electrons. The molecule has 1 unspecified atom stereocenters. The predicted octanol–water partition coefficient (Wildman–Crippen LogP) is 1.28. The lowest BCUT2D eigenvalue weighted by molar-refractivity contribution is -0.141. The molecule has 2 rings (SSSR count). The summed E-state index contributed by atoms with van der Waals surface area (Å²) in [5, 5.41) is 8.88. The molecule has 5 heteroatoms. The predicted molar refractivity (Wildman–Crippen MR) is 62.7 cm³/mol. The third kappa shape index (κ3) is 2.20. The highest BCUT2D eigenvalue weighted by Gasteiger charge is 2.28. The number of hydrogen-bond acceptors (Lipinski definition) is 3. The van der Waals surface area contributed by atoms with Gasteiger partial charge in [0.25, 0.3) is 0 Å². The van der Waals surface area contributed by atoms with E-state index in [1.54, 1.807) is 19.1 Å². The van der Waals surface area contributed by atoms with Gasteiger partial charge in [0, 0.05) is 0 Å². The van der Waals surface area contributed by atoms with Crippen LogP contribution in [-0.2, 0) is 27.5 Å². The van der Waals surface area contributed by atoms with Crippen LogP contribution in [0.2, 0.25) is 0 Å². The summed E-state index contributed by atoms with van der Waals surface area (Å²) in [6.45, 7) is 1.63. The van der Waals surface area contributed by atoms with Gasteiger partial charge in [0.05, 0.1) is 16.6 Å². The molecule has 1 aliphatic rings. The van der Waals surface area contributed by atoms with E-state index in [0.29, 0.717) is 17.7 Å². The molecule has 0 spiro atoms. The van der Waals surface area contributed by atoms with Gasteiger partial charge in [0.15, 0.2) is 9.84 Å². The Hall–Kier alpha value is -1.36. The Morgan fingerprint density at radius 2 is 2.18 bits per heavy atom. The lowest BCUT2D eigenvalue weighted by Crippen LogP contribution is -2.13. The van der Waals surface area contributed by atoms with Crippen molar-refractivity contribution in [3.8, 4) is 0 Å². The lowest BCUT2D eigenvalue weighted by atomic mass is 9.96. The van der Waals surface area contributed by atoms with E-state index in [1.165, 1.54) is 0 Å². The Kier molecular flexibility index (Phi) is 2.95. The van der Waals surface area contributed by atoms with Crippen LogP contribution in [-0.4, -0.2) is 25.2 Å². The van der Waals surface area contributed by atoms with Crippen LogP contribution in [0, 0.1) is 5.92 Å². The number of benzene rings is 1. The van der Waals surface area contributed by atoms with Gasteiger partial charge in [-0.25, -0.2) is 8.42 Å². The van der Waals surface area contributed by atoms with Crippen LogP contribution in [0.25, 0.3) is 0 Å². The lowest BCUT2D eigenvalue weighted by Gasteiger charge is -2.10. The highest BCUT2D eigenvalue weighted by atomic mass is 32.2. The number of sulfone groups is 1. The standard InChI is InChI=1S/C12H14O4S/c1-8(12(13)14)7-9-3-2-4-11-10(9)5-6-17(11,15)16/h2-4,8H,5-7H2,1H3,(H,13,14). The van der Waals surface area contributed by atoms with Crippen molar-refractivity contribution >= 4 is 15.8 Å². The van der Waals surface area contributed by atoms with Gasteiger partial charge in [-0.3, -0.25) is 4.79 Å². The number of hydrogen-bond donors (Lipinski definition) is 1. The van der Waals surface area contributed by atoms with Crippen LogP contribution < -0.4 is 0 Å². The third-order valence-corrected chi connectivity index (χ3v) is 4.93. The van der Waals surface area contributed by atoms with Crippen molar-refractivity contribution in [2.75, 3.05) is 5.75 Å². The molecule has 0 saturated carbocycles. The molecule has 0 aliphatic carbocycles. The van der Waals surface area contributed by atoms with Crippen molar-refractivity contribution in [1.29, 1.82) is 0 Å². The summed E-state index contributed by atoms with van der Waals surface area (Å²) in [5.74, 6) is -1.21. The molecule has 0 radical (unpaired) electrons. The molecule has 4 nitrogen and oxygen atoms in total. The maximum atomic E-state index is 11.7. The van der Waals surface area contributed by atoms with E-state index < -0.39 is 21.7 Å². The second-order valence-electron chi connectivity index (χ2n) is 4.41. The molecular weight excluding hydrogens is 240 g/mol. The number of aliphatic carboxylic acids is 1. The molecule has 17 heavy (non-hydrogen) atoms. The fourth-order valence-corrected chi connectivity index (χ4v) is 3.73. The van der Waals surface area contributed by atoms with Crippen LogP contribution in [0.5, 0.6) is 0 Å². The number of rotatable bonds is 3. The molecule has 1 atom stereocenters. The van der Waals surface area contributed by atoms with Crippen LogP contribution in [0.3, 0.4) is 0 Å². The minimum absolute atomic E-state index is 0.140. The molecule has 0 bridgehead atoms. The molecule has 0 aromatic heterocycles. The first-order valence-electron chi connectivity index (χ1n) is 5.48. The SMILES string of the molecule is CC(Cc1cccc2c1CCS2(=O)=O)C(=O)O. The molecular formula is C12H14O4S. The fraction of sp³-hybridized carbons (Fsp3) is 0.417. The minimum Gasteiger partial charge on any atom is -0.481 e. The first kappa shape index (κ1) is 12.1. The van der Waals surface area contributed by atoms with Gasteiger partial charge in [0.2, 0.25) is 0 Å². The largest absolute Gasteiger partial charge is 0.481 e. The van der Waals surface area contributed by atoms with Gasteiger partial charge < -0.3 is 5.11 Å². The monoisotopic (exact) mass is 254 g/mol. The smallest absolute Gasteiger partial charge is 0.306 e. The maximum Gasteiger partial charge on any atom is 0.306 e. The number of carboxylic acid groups (broad SMARTS) is 1. The molecule has 1 aromatic carbocycles. The topological polar surface area (TPSA) is 71.4 Å². The van der Waals surface area contributed by atoms with Crippen molar-refractivity contribution in [1.82, 2.24) is 0 Å². The first-order valence-corrected chi connectivity index (χ1v) is 7.13.